The van der Waals surface area contributed by atoms with Gasteiger partial charge in [0.1, 0.15) is 0 Å². The Morgan fingerprint density at radius 1 is 1.05 bits per heavy atom. The summed E-state index contributed by atoms with van der Waals surface area (Å²) in [6.07, 6.45) is 6.99. The molecule has 1 rings (SSSR count). The number of hydrogen-bond donors (Lipinski definition) is 1. The monoisotopic (exact) mass is 269 g/mol. The molecule has 3 nitrogen and oxygen atoms in total. The van der Waals surface area contributed by atoms with Gasteiger partial charge in [-0.05, 0) is 65.0 Å². The van der Waals surface area contributed by atoms with Gasteiger partial charge in [-0.3, -0.25) is 0 Å². The summed E-state index contributed by atoms with van der Waals surface area (Å²) in [5.41, 5.74) is 0.560. The largest absolute Gasteiger partial charge is 0.316 e. The Balaban J connectivity index is 2.41. The van der Waals surface area contributed by atoms with Crippen molar-refractivity contribution in [2.45, 2.75) is 46.0 Å². The summed E-state index contributed by atoms with van der Waals surface area (Å²) < 4.78 is 0. The molecule has 0 aromatic carbocycles. The zero-order chi connectivity index (χ0) is 14.1. The smallest absolute Gasteiger partial charge is 0.00500 e. The van der Waals surface area contributed by atoms with Gasteiger partial charge in [0.2, 0.25) is 0 Å². The zero-order valence-corrected chi connectivity index (χ0v) is 13.7. The quantitative estimate of drug-likeness (QED) is 0.657. The molecule has 0 bridgehead atoms. The van der Waals surface area contributed by atoms with Crippen LogP contribution in [-0.4, -0.2) is 63.2 Å². The minimum atomic E-state index is 0.560. The highest BCUT2D eigenvalue weighted by Gasteiger charge is 2.34. The first-order valence-electron chi connectivity index (χ1n) is 8.19. The van der Waals surface area contributed by atoms with Gasteiger partial charge in [-0.25, -0.2) is 0 Å². The van der Waals surface area contributed by atoms with Crippen molar-refractivity contribution in [2.75, 3.05) is 53.4 Å². The third-order valence-corrected chi connectivity index (χ3v) is 4.50. The van der Waals surface area contributed by atoms with Gasteiger partial charge in [-0.1, -0.05) is 26.7 Å². The maximum atomic E-state index is 3.60. The summed E-state index contributed by atoms with van der Waals surface area (Å²) in [5.74, 6) is 0. The Morgan fingerprint density at radius 2 is 1.74 bits per heavy atom. The molecule has 0 spiro atoms. The van der Waals surface area contributed by atoms with Crippen molar-refractivity contribution in [1.29, 1.82) is 0 Å². The Bertz CT molecular complexity index is 222. The Kier molecular flexibility index (Phi) is 7.96. The molecular weight excluding hydrogens is 234 g/mol. The Morgan fingerprint density at radius 3 is 2.26 bits per heavy atom. The van der Waals surface area contributed by atoms with Crippen LogP contribution in [-0.2, 0) is 0 Å². The minimum Gasteiger partial charge on any atom is -0.316 e. The van der Waals surface area contributed by atoms with E-state index in [0.29, 0.717) is 5.41 Å². The van der Waals surface area contributed by atoms with Crippen LogP contribution in [0.4, 0.5) is 0 Å². The Hall–Kier alpha value is -0.120. The molecule has 0 radical (unpaired) electrons. The lowest BCUT2D eigenvalue weighted by atomic mass is 9.85. The van der Waals surface area contributed by atoms with E-state index < -0.39 is 0 Å². The van der Waals surface area contributed by atoms with E-state index in [1.165, 1.54) is 64.8 Å². The second-order valence-corrected chi connectivity index (χ2v) is 6.51. The highest BCUT2D eigenvalue weighted by Crippen LogP contribution is 2.38. The molecule has 1 N–H and O–H groups in total. The van der Waals surface area contributed by atoms with Crippen LogP contribution in [0.5, 0.6) is 0 Å². The molecular formula is C16H35N3. The van der Waals surface area contributed by atoms with Gasteiger partial charge >= 0.3 is 0 Å². The molecule has 0 aromatic rings. The fraction of sp³-hybridized carbons (Fsp3) is 1.00. The van der Waals surface area contributed by atoms with Gasteiger partial charge in [-0.2, -0.15) is 0 Å². The predicted octanol–water partition coefficient (Wildman–Crippen LogP) is 2.43. The molecule has 0 aromatic heterocycles. The van der Waals surface area contributed by atoms with Gasteiger partial charge in [0.05, 0.1) is 0 Å². The van der Waals surface area contributed by atoms with Crippen molar-refractivity contribution in [3.8, 4) is 0 Å². The van der Waals surface area contributed by atoms with E-state index in [9.17, 15) is 0 Å². The van der Waals surface area contributed by atoms with Gasteiger partial charge in [0.25, 0.3) is 0 Å². The van der Waals surface area contributed by atoms with Gasteiger partial charge in [0.15, 0.2) is 0 Å². The molecule has 0 aliphatic heterocycles. The summed E-state index contributed by atoms with van der Waals surface area (Å²) in [6.45, 7) is 11.8. The van der Waals surface area contributed by atoms with Crippen molar-refractivity contribution in [3.63, 3.8) is 0 Å². The normalized spacial score (nSPS) is 18.6. The molecule has 0 saturated heterocycles. The van der Waals surface area contributed by atoms with Crippen LogP contribution < -0.4 is 5.32 Å². The van der Waals surface area contributed by atoms with Crippen molar-refractivity contribution < 1.29 is 0 Å². The average Bonchev–Trinajstić information content (AvgIpc) is 2.84. The summed E-state index contributed by atoms with van der Waals surface area (Å²) in [5, 5.41) is 3.60. The third kappa shape index (κ3) is 6.24. The van der Waals surface area contributed by atoms with Crippen LogP contribution in [0.25, 0.3) is 0 Å². The summed E-state index contributed by atoms with van der Waals surface area (Å²) >= 11 is 0. The van der Waals surface area contributed by atoms with E-state index in [0.717, 1.165) is 6.54 Å². The van der Waals surface area contributed by atoms with E-state index in [2.05, 4.69) is 43.1 Å². The summed E-state index contributed by atoms with van der Waals surface area (Å²) in [6, 6.07) is 0. The van der Waals surface area contributed by atoms with Crippen molar-refractivity contribution in [2.24, 2.45) is 5.41 Å². The highest BCUT2D eigenvalue weighted by atomic mass is 15.1. The average molecular weight is 269 g/mol. The SMILES string of the molecule is CCNCC1(CN(CC)CCCN(C)C)CCCC1. The van der Waals surface area contributed by atoms with Gasteiger partial charge in [0, 0.05) is 13.1 Å². The Labute approximate surface area is 120 Å². The number of nitrogens with zero attached hydrogens (tertiary/aromatic N) is 2. The lowest BCUT2D eigenvalue weighted by molar-refractivity contribution is 0.150. The minimum absolute atomic E-state index is 0.560. The second kappa shape index (κ2) is 8.93. The maximum Gasteiger partial charge on any atom is 0.00500 e. The van der Waals surface area contributed by atoms with E-state index >= 15 is 0 Å². The second-order valence-electron chi connectivity index (χ2n) is 6.51. The fourth-order valence-corrected chi connectivity index (χ4v) is 3.34. The molecule has 0 amide bonds. The molecule has 114 valence electrons. The molecule has 19 heavy (non-hydrogen) atoms. The number of nitrogens with one attached hydrogen (secondary N) is 1. The standard InChI is InChI=1S/C16H35N3/c1-5-17-14-16(10-7-8-11-16)15-19(6-2)13-9-12-18(3)4/h17H,5-15H2,1-4H3. The van der Waals surface area contributed by atoms with Crippen molar-refractivity contribution in [1.82, 2.24) is 15.1 Å². The van der Waals surface area contributed by atoms with E-state index in [1.807, 2.05) is 0 Å². The lowest BCUT2D eigenvalue weighted by Gasteiger charge is -2.35. The summed E-state index contributed by atoms with van der Waals surface area (Å²) in [7, 11) is 4.33. The van der Waals surface area contributed by atoms with Crippen LogP contribution in [0, 0.1) is 5.41 Å². The topological polar surface area (TPSA) is 18.5 Å². The number of hydrogen-bond acceptors (Lipinski definition) is 3. The van der Waals surface area contributed by atoms with Gasteiger partial charge in [-0.15, -0.1) is 0 Å². The van der Waals surface area contributed by atoms with Crippen molar-refractivity contribution in [3.05, 3.63) is 0 Å². The molecule has 1 aliphatic rings. The van der Waals surface area contributed by atoms with Crippen LogP contribution >= 0.6 is 0 Å². The van der Waals surface area contributed by atoms with Crippen LogP contribution in [0.2, 0.25) is 0 Å². The molecule has 0 atom stereocenters. The molecule has 1 aliphatic carbocycles. The molecule has 1 saturated carbocycles. The van der Waals surface area contributed by atoms with E-state index in [1.54, 1.807) is 0 Å². The first-order chi connectivity index (χ1) is 9.12. The fourth-order valence-electron chi connectivity index (χ4n) is 3.34. The van der Waals surface area contributed by atoms with Crippen LogP contribution in [0.3, 0.4) is 0 Å². The van der Waals surface area contributed by atoms with Crippen LogP contribution in [0.1, 0.15) is 46.0 Å². The predicted molar refractivity (Wildman–Crippen MR) is 84.7 cm³/mol. The highest BCUT2D eigenvalue weighted by molar-refractivity contribution is 4.89. The number of rotatable bonds is 10. The van der Waals surface area contributed by atoms with Crippen LogP contribution in [0.15, 0.2) is 0 Å². The van der Waals surface area contributed by atoms with Crippen molar-refractivity contribution >= 4 is 0 Å². The van der Waals surface area contributed by atoms with Gasteiger partial charge < -0.3 is 15.1 Å². The molecule has 3 heteroatoms. The zero-order valence-electron chi connectivity index (χ0n) is 13.7. The molecule has 1 fully saturated rings. The maximum absolute atomic E-state index is 3.60. The van der Waals surface area contributed by atoms with E-state index in [4.69, 9.17) is 0 Å². The first-order valence-corrected chi connectivity index (χ1v) is 8.19. The third-order valence-electron chi connectivity index (χ3n) is 4.50. The molecule has 0 heterocycles. The first kappa shape index (κ1) is 16.9. The summed E-state index contributed by atoms with van der Waals surface area (Å²) in [4.78, 5) is 4.96. The van der Waals surface area contributed by atoms with E-state index in [-0.39, 0.29) is 0 Å². The lowest BCUT2D eigenvalue weighted by Crippen LogP contribution is -2.43. The molecule has 0 unspecified atom stereocenters.